The van der Waals surface area contributed by atoms with E-state index < -0.39 is 51.9 Å². The van der Waals surface area contributed by atoms with E-state index in [0.717, 1.165) is 6.07 Å². The molecular weight excluding hydrogens is 494 g/mol. The molecular formula is C16H12F6N2O6S2. The molecule has 0 bridgehead atoms. The Labute approximate surface area is 176 Å². The Bertz CT molecular complexity index is 1430. The van der Waals surface area contributed by atoms with E-state index in [4.69, 9.17) is 4.74 Å². The molecule has 0 unspecified atom stereocenters. The number of hydrogen-bond acceptors (Lipinski definition) is 7. The van der Waals surface area contributed by atoms with E-state index in [9.17, 15) is 43.2 Å². The summed E-state index contributed by atoms with van der Waals surface area (Å²) in [6.45, 7) is 1.56. The zero-order valence-electron chi connectivity index (χ0n) is 15.9. The summed E-state index contributed by atoms with van der Waals surface area (Å²) in [5, 5.41) is 2.09. The third-order valence-corrected chi connectivity index (χ3v) is 6.69. The van der Waals surface area contributed by atoms with Crippen LogP contribution in [0.4, 0.5) is 26.3 Å². The number of aryl methyl sites for hydroxylation is 1. The van der Waals surface area contributed by atoms with Gasteiger partial charge in [-0.1, -0.05) is 13.0 Å². The first kappa shape index (κ1) is 23.9. The van der Waals surface area contributed by atoms with Gasteiger partial charge in [0.25, 0.3) is 0 Å². The summed E-state index contributed by atoms with van der Waals surface area (Å²) in [6.07, 6.45) is 0.557. The number of nitrogens with zero attached hydrogens (tertiary/aromatic N) is 2. The van der Waals surface area contributed by atoms with Crippen molar-refractivity contribution in [3.05, 3.63) is 30.0 Å². The van der Waals surface area contributed by atoms with Gasteiger partial charge in [-0.15, -0.1) is 4.09 Å². The zero-order valence-corrected chi connectivity index (χ0v) is 17.6. The molecule has 0 N–H and O–H groups in total. The van der Waals surface area contributed by atoms with Gasteiger partial charge in [-0.2, -0.15) is 48.3 Å². The van der Waals surface area contributed by atoms with E-state index >= 15 is 0 Å². The summed E-state index contributed by atoms with van der Waals surface area (Å²) in [5.74, 6) is -0.905. The lowest BCUT2D eigenvalue weighted by atomic mass is 9.99. The Morgan fingerprint density at radius 3 is 2.16 bits per heavy atom. The molecule has 0 aliphatic heterocycles. The number of aromatic nitrogens is 2. The highest BCUT2D eigenvalue weighted by Gasteiger charge is 2.50. The van der Waals surface area contributed by atoms with Gasteiger partial charge < -0.3 is 8.92 Å². The van der Waals surface area contributed by atoms with Crippen molar-refractivity contribution in [2.24, 2.45) is 0 Å². The molecule has 0 amide bonds. The lowest BCUT2D eigenvalue weighted by Crippen LogP contribution is -2.30. The first-order chi connectivity index (χ1) is 14.6. The van der Waals surface area contributed by atoms with Crippen LogP contribution in [0.3, 0.4) is 0 Å². The van der Waals surface area contributed by atoms with Crippen LogP contribution in [0.5, 0.6) is 11.5 Å². The maximum absolute atomic E-state index is 13.0. The van der Waals surface area contributed by atoms with Crippen LogP contribution in [0.25, 0.3) is 21.7 Å². The van der Waals surface area contributed by atoms with Gasteiger partial charge >= 0.3 is 31.2 Å². The summed E-state index contributed by atoms with van der Waals surface area (Å²) in [5.41, 5.74) is -12.3. The molecule has 8 nitrogen and oxygen atoms in total. The van der Waals surface area contributed by atoms with Crippen molar-refractivity contribution in [3.8, 4) is 11.5 Å². The molecule has 0 fully saturated rings. The topological polar surface area (TPSA) is 105 Å². The number of alkyl halides is 6. The first-order valence-corrected chi connectivity index (χ1v) is 11.2. The highest BCUT2D eigenvalue weighted by atomic mass is 32.2. The van der Waals surface area contributed by atoms with Crippen LogP contribution in [0.1, 0.15) is 12.5 Å². The van der Waals surface area contributed by atoms with Crippen molar-refractivity contribution >= 4 is 41.8 Å². The maximum Gasteiger partial charge on any atom is 0.534 e. The third kappa shape index (κ3) is 3.60. The molecule has 32 heavy (non-hydrogen) atoms. The third-order valence-electron chi connectivity index (χ3n) is 4.41. The van der Waals surface area contributed by atoms with Crippen LogP contribution in [0.15, 0.2) is 24.4 Å². The lowest BCUT2D eigenvalue weighted by molar-refractivity contribution is -0.0499. The van der Waals surface area contributed by atoms with Crippen LogP contribution < -0.4 is 8.92 Å². The quantitative estimate of drug-likeness (QED) is 0.295. The summed E-state index contributed by atoms with van der Waals surface area (Å²) in [6, 6.07) is 3.43. The second-order valence-corrected chi connectivity index (χ2v) is 9.55. The second kappa shape index (κ2) is 7.40. The number of hydrogen-bond donors (Lipinski definition) is 0. The van der Waals surface area contributed by atoms with Crippen LogP contribution in [0.2, 0.25) is 0 Å². The van der Waals surface area contributed by atoms with E-state index in [0.29, 0.717) is 6.20 Å². The molecule has 0 atom stereocenters. The second-order valence-electron chi connectivity index (χ2n) is 6.26. The van der Waals surface area contributed by atoms with Crippen molar-refractivity contribution in [1.82, 2.24) is 9.19 Å². The van der Waals surface area contributed by atoms with Crippen molar-refractivity contribution in [3.63, 3.8) is 0 Å². The van der Waals surface area contributed by atoms with Gasteiger partial charge in [0.15, 0.2) is 5.75 Å². The van der Waals surface area contributed by atoms with Gasteiger partial charge in [-0.3, -0.25) is 0 Å². The Morgan fingerprint density at radius 2 is 1.66 bits per heavy atom. The minimum absolute atomic E-state index is 0.0867. The fraction of sp³-hybridized carbons (Fsp3) is 0.312. The molecule has 16 heteroatoms. The molecule has 3 rings (SSSR count). The van der Waals surface area contributed by atoms with Gasteiger partial charge in [0.2, 0.25) is 0 Å². The first-order valence-electron chi connectivity index (χ1n) is 8.39. The highest BCUT2D eigenvalue weighted by Crippen LogP contribution is 2.43. The van der Waals surface area contributed by atoms with Crippen LogP contribution in [-0.4, -0.2) is 44.1 Å². The maximum atomic E-state index is 13.0. The van der Waals surface area contributed by atoms with Crippen LogP contribution in [-0.2, 0) is 26.6 Å². The molecule has 0 aliphatic rings. The standard InChI is InChI=1S/C16H12F6N2O6S2/c1-3-9-12(29-2)5-4-8-6-11-10(7-23-24(11)31(25,26)15(17,18)19)14(13(8)9)30-32(27,28)16(20,21)22/h4-7H,3H2,1-2H3. The minimum atomic E-state index is -6.28. The number of halogens is 6. The number of methoxy groups -OCH3 is 1. The number of rotatable bonds is 5. The van der Waals surface area contributed by atoms with Crippen molar-refractivity contribution in [2.75, 3.05) is 7.11 Å². The largest absolute Gasteiger partial charge is 0.534 e. The average Bonchev–Trinajstić information content (AvgIpc) is 3.09. The van der Waals surface area contributed by atoms with E-state index in [1.807, 2.05) is 0 Å². The van der Waals surface area contributed by atoms with Crippen molar-refractivity contribution in [2.45, 2.75) is 24.4 Å². The molecule has 3 aromatic rings. The van der Waals surface area contributed by atoms with E-state index in [2.05, 4.69) is 9.28 Å². The van der Waals surface area contributed by atoms with E-state index in [1.54, 1.807) is 6.92 Å². The van der Waals surface area contributed by atoms with Gasteiger partial charge in [0, 0.05) is 10.9 Å². The Morgan fingerprint density at radius 1 is 1.03 bits per heavy atom. The van der Waals surface area contributed by atoms with Crippen molar-refractivity contribution < 1.29 is 52.1 Å². The molecule has 2 aromatic carbocycles. The molecule has 1 heterocycles. The van der Waals surface area contributed by atoms with Crippen molar-refractivity contribution in [1.29, 1.82) is 0 Å². The molecule has 0 aliphatic carbocycles. The average molecular weight is 506 g/mol. The smallest absolute Gasteiger partial charge is 0.496 e. The van der Waals surface area contributed by atoms with Gasteiger partial charge in [0.1, 0.15) is 5.75 Å². The summed E-state index contributed by atoms with van der Waals surface area (Å²) >= 11 is 0. The number of benzene rings is 2. The predicted molar refractivity (Wildman–Crippen MR) is 99.1 cm³/mol. The SMILES string of the molecule is CCc1c(OC)ccc2cc3c(cnn3S(=O)(=O)C(F)(F)F)c(OS(=O)(=O)C(F)(F)F)c12. The Hall–Kier alpha value is -2.75. The van der Waals surface area contributed by atoms with E-state index in [-0.39, 0.29) is 28.5 Å². The van der Waals surface area contributed by atoms with Gasteiger partial charge in [-0.05, 0) is 23.9 Å². The fourth-order valence-electron chi connectivity index (χ4n) is 3.04. The van der Waals surface area contributed by atoms with Gasteiger partial charge in [-0.25, -0.2) is 0 Å². The summed E-state index contributed by atoms with van der Waals surface area (Å²) in [4.78, 5) is 0. The monoisotopic (exact) mass is 506 g/mol. The predicted octanol–water partition coefficient (Wildman–Crippen LogP) is 3.69. The summed E-state index contributed by atoms with van der Waals surface area (Å²) < 4.78 is 134. The molecule has 1 aromatic heterocycles. The molecule has 176 valence electrons. The van der Waals surface area contributed by atoms with Gasteiger partial charge in [0.05, 0.1) is 24.2 Å². The fourth-order valence-corrected chi connectivity index (χ4v) is 4.31. The molecule has 0 saturated carbocycles. The number of fused-ring (bicyclic) bond motifs is 2. The van der Waals surface area contributed by atoms with E-state index in [1.165, 1.54) is 19.2 Å². The normalized spacial score (nSPS) is 13.6. The zero-order chi connectivity index (χ0) is 24.3. The minimum Gasteiger partial charge on any atom is -0.496 e. The molecule has 0 saturated heterocycles. The number of ether oxygens (including phenoxy) is 1. The molecule has 0 spiro atoms. The lowest BCUT2D eigenvalue weighted by Gasteiger charge is -2.17. The highest BCUT2D eigenvalue weighted by molar-refractivity contribution is 7.90. The molecule has 0 radical (unpaired) electrons. The van der Waals surface area contributed by atoms with Crippen LogP contribution >= 0.6 is 0 Å². The van der Waals surface area contributed by atoms with Crippen LogP contribution in [0, 0.1) is 0 Å². The Balaban J connectivity index is 2.53. The summed E-state index contributed by atoms with van der Waals surface area (Å²) in [7, 11) is -11.1. The Kier molecular flexibility index (Phi) is 5.53.